The van der Waals surface area contributed by atoms with Gasteiger partial charge >= 0.3 is 0 Å². The molecule has 1 unspecified atom stereocenters. The Balaban J connectivity index is 2.51. The minimum absolute atomic E-state index is 0.477. The van der Waals surface area contributed by atoms with E-state index in [-0.39, 0.29) is 0 Å². The van der Waals surface area contributed by atoms with Crippen LogP contribution in [0.5, 0.6) is 0 Å². The number of hydrogen-bond donors (Lipinski definition) is 1. The topological polar surface area (TPSA) is 26.7 Å². The van der Waals surface area contributed by atoms with Crippen LogP contribution in [0.4, 0.5) is 0 Å². The molecular formula is C13H28N2O. The summed E-state index contributed by atoms with van der Waals surface area (Å²) in [6.07, 6.45) is 4.27. The number of nitrogens with zero attached hydrogens (tertiary/aromatic N) is 2. The van der Waals surface area contributed by atoms with Crippen LogP contribution in [0, 0.1) is 0 Å². The van der Waals surface area contributed by atoms with E-state index in [4.69, 9.17) is 0 Å². The van der Waals surface area contributed by atoms with Crippen LogP contribution >= 0.6 is 0 Å². The average molecular weight is 228 g/mol. The second-order valence-electron chi connectivity index (χ2n) is 5.46. The van der Waals surface area contributed by atoms with Gasteiger partial charge in [-0.1, -0.05) is 13.8 Å². The number of aliphatic hydroxyl groups is 1. The second kappa shape index (κ2) is 5.99. The molecule has 0 saturated carbocycles. The molecule has 3 nitrogen and oxygen atoms in total. The lowest BCUT2D eigenvalue weighted by Gasteiger charge is -2.35. The molecule has 0 spiro atoms. The van der Waals surface area contributed by atoms with Crippen LogP contribution in [0.1, 0.15) is 39.5 Å². The Morgan fingerprint density at radius 1 is 1.31 bits per heavy atom. The molecule has 1 aliphatic rings. The minimum Gasteiger partial charge on any atom is -0.389 e. The summed E-state index contributed by atoms with van der Waals surface area (Å²) in [5.41, 5.74) is -0.477. The van der Waals surface area contributed by atoms with Gasteiger partial charge in [0.05, 0.1) is 5.60 Å². The van der Waals surface area contributed by atoms with Crippen molar-refractivity contribution >= 4 is 0 Å². The van der Waals surface area contributed by atoms with Gasteiger partial charge in [-0.05, 0) is 46.3 Å². The minimum atomic E-state index is -0.477. The summed E-state index contributed by atoms with van der Waals surface area (Å²) >= 11 is 0. The molecular weight excluding hydrogens is 200 g/mol. The number of rotatable bonds is 6. The summed E-state index contributed by atoms with van der Waals surface area (Å²) in [6.45, 7) is 7.28. The van der Waals surface area contributed by atoms with Crippen LogP contribution in [-0.4, -0.2) is 60.3 Å². The zero-order chi connectivity index (χ0) is 12.2. The van der Waals surface area contributed by atoms with Crippen LogP contribution in [0.15, 0.2) is 0 Å². The van der Waals surface area contributed by atoms with E-state index < -0.39 is 5.60 Å². The van der Waals surface area contributed by atoms with Gasteiger partial charge in [-0.2, -0.15) is 0 Å². The Kier molecular flexibility index (Phi) is 5.22. The Bertz CT molecular complexity index is 202. The number of β-amino-alcohol motifs (C(OH)–C–C–N with tert-alkyl or cyclic N) is 1. The molecule has 1 rings (SSSR count). The highest BCUT2D eigenvalue weighted by Crippen LogP contribution is 2.23. The molecule has 0 aromatic heterocycles. The first-order chi connectivity index (χ1) is 7.50. The molecule has 0 amide bonds. The second-order valence-corrected chi connectivity index (χ2v) is 5.46. The third kappa shape index (κ3) is 3.72. The van der Waals surface area contributed by atoms with Crippen LogP contribution in [-0.2, 0) is 0 Å². The van der Waals surface area contributed by atoms with Gasteiger partial charge in [0.25, 0.3) is 0 Å². The lowest BCUT2D eigenvalue weighted by atomic mass is 9.96. The number of likely N-dealkylation sites (N-methyl/N-ethyl adjacent to an activating group) is 1. The molecule has 1 atom stereocenters. The standard InChI is InChI=1S/C13H28N2O/c1-5-13(16,6-2)11-15-9-7-8-12(15)10-14(3)4/h12,16H,5-11H2,1-4H3. The molecule has 1 aliphatic heterocycles. The van der Waals surface area contributed by atoms with Crippen molar-refractivity contribution in [2.45, 2.75) is 51.2 Å². The molecule has 96 valence electrons. The highest BCUT2D eigenvalue weighted by molar-refractivity contribution is 4.87. The van der Waals surface area contributed by atoms with Crippen molar-refractivity contribution in [2.24, 2.45) is 0 Å². The molecule has 3 heteroatoms. The van der Waals surface area contributed by atoms with Crippen LogP contribution < -0.4 is 0 Å². The summed E-state index contributed by atoms with van der Waals surface area (Å²) in [7, 11) is 4.25. The summed E-state index contributed by atoms with van der Waals surface area (Å²) in [4.78, 5) is 4.73. The van der Waals surface area contributed by atoms with Gasteiger partial charge in [0.1, 0.15) is 0 Å². The predicted molar refractivity (Wildman–Crippen MR) is 68.7 cm³/mol. The summed E-state index contributed by atoms with van der Waals surface area (Å²) in [5.74, 6) is 0. The monoisotopic (exact) mass is 228 g/mol. The highest BCUT2D eigenvalue weighted by atomic mass is 16.3. The molecule has 0 aliphatic carbocycles. The average Bonchev–Trinajstić information content (AvgIpc) is 2.64. The maximum atomic E-state index is 10.4. The van der Waals surface area contributed by atoms with Crippen molar-refractivity contribution in [2.75, 3.05) is 33.7 Å². The predicted octanol–water partition coefficient (Wildman–Crippen LogP) is 1.56. The van der Waals surface area contributed by atoms with E-state index >= 15 is 0 Å². The van der Waals surface area contributed by atoms with E-state index in [9.17, 15) is 5.11 Å². The van der Waals surface area contributed by atoms with Gasteiger partial charge in [-0.25, -0.2) is 0 Å². The van der Waals surface area contributed by atoms with Crippen molar-refractivity contribution in [1.82, 2.24) is 9.80 Å². The highest BCUT2D eigenvalue weighted by Gasteiger charge is 2.32. The normalized spacial score (nSPS) is 23.2. The number of likely N-dealkylation sites (tertiary alicyclic amines) is 1. The molecule has 0 bridgehead atoms. The van der Waals surface area contributed by atoms with E-state index in [1.807, 2.05) is 0 Å². The number of hydrogen-bond acceptors (Lipinski definition) is 3. The van der Waals surface area contributed by atoms with Gasteiger partial charge in [-0.3, -0.25) is 4.90 Å². The van der Waals surface area contributed by atoms with Crippen molar-refractivity contribution in [3.8, 4) is 0 Å². The molecule has 0 aromatic rings. The van der Waals surface area contributed by atoms with Crippen molar-refractivity contribution in [3.63, 3.8) is 0 Å². The van der Waals surface area contributed by atoms with Crippen LogP contribution in [0.25, 0.3) is 0 Å². The Morgan fingerprint density at radius 3 is 2.44 bits per heavy atom. The lowest BCUT2D eigenvalue weighted by Crippen LogP contribution is -2.47. The Morgan fingerprint density at radius 2 is 1.94 bits per heavy atom. The molecule has 1 heterocycles. The molecule has 1 fully saturated rings. The Hall–Kier alpha value is -0.120. The fourth-order valence-electron chi connectivity index (χ4n) is 2.58. The van der Waals surface area contributed by atoms with Crippen LogP contribution in [0.3, 0.4) is 0 Å². The summed E-state index contributed by atoms with van der Waals surface area (Å²) in [5, 5.41) is 10.4. The third-order valence-corrected chi connectivity index (χ3v) is 3.89. The van der Waals surface area contributed by atoms with Crippen LogP contribution in [0.2, 0.25) is 0 Å². The van der Waals surface area contributed by atoms with E-state index in [1.165, 1.54) is 12.8 Å². The van der Waals surface area contributed by atoms with Gasteiger partial charge in [0.15, 0.2) is 0 Å². The largest absolute Gasteiger partial charge is 0.389 e. The molecule has 16 heavy (non-hydrogen) atoms. The van der Waals surface area contributed by atoms with Crippen molar-refractivity contribution < 1.29 is 5.11 Å². The Labute approximate surface area is 100 Å². The zero-order valence-electron chi connectivity index (χ0n) is 11.4. The molecule has 1 N–H and O–H groups in total. The summed E-state index contributed by atoms with van der Waals surface area (Å²) in [6, 6.07) is 0.639. The summed E-state index contributed by atoms with van der Waals surface area (Å²) < 4.78 is 0. The quantitative estimate of drug-likeness (QED) is 0.747. The third-order valence-electron chi connectivity index (χ3n) is 3.89. The SMILES string of the molecule is CCC(O)(CC)CN1CCCC1CN(C)C. The van der Waals surface area contributed by atoms with E-state index in [0.29, 0.717) is 6.04 Å². The maximum absolute atomic E-state index is 10.4. The van der Waals surface area contributed by atoms with E-state index in [1.54, 1.807) is 0 Å². The maximum Gasteiger partial charge on any atom is 0.0769 e. The zero-order valence-corrected chi connectivity index (χ0v) is 11.4. The fraction of sp³-hybridized carbons (Fsp3) is 1.00. The van der Waals surface area contributed by atoms with Gasteiger partial charge < -0.3 is 10.0 Å². The first-order valence-corrected chi connectivity index (χ1v) is 6.62. The first-order valence-electron chi connectivity index (χ1n) is 6.62. The van der Waals surface area contributed by atoms with Crippen molar-refractivity contribution in [3.05, 3.63) is 0 Å². The lowest BCUT2D eigenvalue weighted by molar-refractivity contribution is -0.00872. The van der Waals surface area contributed by atoms with Gasteiger partial charge in [0.2, 0.25) is 0 Å². The van der Waals surface area contributed by atoms with Crippen molar-refractivity contribution in [1.29, 1.82) is 0 Å². The molecule has 0 radical (unpaired) electrons. The molecule has 1 saturated heterocycles. The van der Waals surface area contributed by atoms with Gasteiger partial charge in [-0.15, -0.1) is 0 Å². The first kappa shape index (κ1) is 13.9. The van der Waals surface area contributed by atoms with Gasteiger partial charge in [0, 0.05) is 19.1 Å². The fourth-order valence-corrected chi connectivity index (χ4v) is 2.58. The molecule has 0 aromatic carbocycles. The van der Waals surface area contributed by atoms with E-state index in [0.717, 1.165) is 32.5 Å². The van der Waals surface area contributed by atoms with E-state index in [2.05, 4.69) is 37.7 Å². The smallest absolute Gasteiger partial charge is 0.0769 e.